The number of rotatable bonds is 2. The lowest BCUT2D eigenvalue weighted by Gasteiger charge is -2.34. The molecule has 2 aromatic rings. The topological polar surface area (TPSA) is 83.3 Å². The molecule has 1 atom stereocenters. The number of amides is 1. The summed E-state index contributed by atoms with van der Waals surface area (Å²) in [6.07, 6.45) is 2.77. The summed E-state index contributed by atoms with van der Waals surface area (Å²) in [7, 11) is 1.97. The van der Waals surface area contributed by atoms with Crippen molar-refractivity contribution in [3.05, 3.63) is 30.0 Å². The number of nitrogens with zero attached hydrogens (tertiary/aromatic N) is 4. The normalized spacial score (nSPS) is 21.0. The van der Waals surface area contributed by atoms with Crippen LogP contribution >= 0.6 is 11.8 Å². The quantitative estimate of drug-likeness (QED) is 0.842. The van der Waals surface area contributed by atoms with Crippen LogP contribution in [-0.4, -0.2) is 56.3 Å². The molecule has 0 spiro atoms. The molecular formula is C18H23N5O2S. The summed E-state index contributed by atoms with van der Waals surface area (Å²) in [4.78, 5) is 17.3. The van der Waals surface area contributed by atoms with Crippen molar-refractivity contribution in [2.75, 3.05) is 30.7 Å². The minimum atomic E-state index is -0.810. The molecule has 0 saturated carbocycles. The molecule has 0 radical (unpaired) electrons. The number of piperidine rings is 1. The van der Waals surface area contributed by atoms with E-state index in [0.29, 0.717) is 24.3 Å². The van der Waals surface area contributed by atoms with Gasteiger partial charge < -0.3 is 15.3 Å². The molecule has 2 aliphatic rings. The second-order valence-electron chi connectivity index (χ2n) is 6.77. The average molecular weight is 373 g/mol. The molecule has 0 aromatic carbocycles. The standard InChI is InChI=1S/C18H23N5O2S/c1-22-17-14(15(21-22)13-4-2-3-7-19-13)16(26-11-8-20-17)12-5-9-23(10-6-12)18(24)25/h2-4,7,12,16,20H,5-6,8-11H2,1H3,(H,24,25). The van der Waals surface area contributed by atoms with E-state index in [0.717, 1.165) is 42.3 Å². The van der Waals surface area contributed by atoms with Crippen molar-refractivity contribution in [1.29, 1.82) is 0 Å². The number of thioether (sulfide) groups is 1. The Morgan fingerprint density at radius 1 is 1.35 bits per heavy atom. The highest BCUT2D eigenvalue weighted by molar-refractivity contribution is 7.99. The molecule has 2 aliphatic heterocycles. The lowest BCUT2D eigenvalue weighted by molar-refractivity contribution is 0.124. The molecule has 1 fully saturated rings. The van der Waals surface area contributed by atoms with Crippen molar-refractivity contribution in [2.45, 2.75) is 18.1 Å². The number of likely N-dealkylation sites (tertiary alicyclic amines) is 1. The first-order chi connectivity index (χ1) is 12.6. The van der Waals surface area contributed by atoms with E-state index in [4.69, 9.17) is 5.10 Å². The van der Waals surface area contributed by atoms with Gasteiger partial charge in [-0.2, -0.15) is 16.9 Å². The summed E-state index contributed by atoms with van der Waals surface area (Å²) < 4.78 is 1.92. The highest BCUT2D eigenvalue weighted by atomic mass is 32.2. The largest absolute Gasteiger partial charge is 0.465 e. The summed E-state index contributed by atoms with van der Waals surface area (Å²) in [6, 6.07) is 5.90. The van der Waals surface area contributed by atoms with Crippen LogP contribution in [0.1, 0.15) is 23.7 Å². The lowest BCUT2D eigenvalue weighted by atomic mass is 9.89. The van der Waals surface area contributed by atoms with Gasteiger partial charge in [-0.3, -0.25) is 9.67 Å². The highest BCUT2D eigenvalue weighted by Gasteiger charge is 2.35. The van der Waals surface area contributed by atoms with Crippen LogP contribution < -0.4 is 5.32 Å². The molecule has 4 heterocycles. The van der Waals surface area contributed by atoms with Gasteiger partial charge >= 0.3 is 6.09 Å². The Bertz CT molecular complexity index is 786. The molecule has 1 unspecified atom stereocenters. The second-order valence-corrected chi connectivity index (χ2v) is 8.02. The Kier molecular flexibility index (Phi) is 4.76. The Morgan fingerprint density at radius 3 is 2.85 bits per heavy atom. The number of hydrogen-bond acceptors (Lipinski definition) is 5. The molecule has 1 saturated heterocycles. The molecule has 26 heavy (non-hydrogen) atoms. The zero-order valence-electron chi connectivity index (χ0n) is 14.8. The molecule has 4 rings (SSSR count). The molecule has 0 bridgehead atoms. The molecule has 138 valence electrons. The molecule has 8 heteroatoms. The number of aromatic nitrogens is 3. The fraction of sp³-hybridized carbons (Fsp3) is 0.500. The summed E-state index contributed by atoms with van der Waals surface area (Å²) in [5.74, 6) is 2.54. The average Bonchev–Trinajstić information content (AvgIpc) is 2.85. The van der Waals surface area contributed by atoms with Crippen LogP contribution in [0, 0.1) is 5.92 Å². The van der Waals surface area contributed by atoms with E-state index in [9.17, 15) is 9.90 Å². The number of carboxylic acid groups (broad SMARTS) is 1. The maximum absolute atomic E-state index is 11.2. The van der Waals surface area contributed by atoms with Gasteiger partial charge in [0.15, 0.2) is 0 Å². The third-order valence-corrected chi connectivity index (χ3v) is 6.63. The zero-order chi connectivity index (χ0) is 18.1. The Morgan fingerprint density at radius 2 is 2.15 bits per heavy atom. The van der Waals surface area contributed by atoms with E-state index in [1.54, 1.807) is 6.20 Å². The minimum Gasteiger partial charge on any atom is -0.465 e. The van der Waals surface area contributed by atoms with Crippen LogP contribution in [0.2, 0.25) is 0 Å². The highest BCUT2D eigenvalue weighted by Crippen LogP contribution is 2.48. The van der Waals surface area contributed by atoms with Crippen LogP contribution in [0.3, 0.4) is 0 Å². The summed E-state index contributed by atoms with van der Waals surface area (Å²) >= 11 is 1.96. The second kappa shape index (κ2) is 7.19. The van der Waals surface area contributed by atoms with Crippen LogP contribution in [-0.2, 0) is 7.05 Å². The van der Waals surface area contributed by atoms with Gasteiger partial charge in [0.05, 0.1) is 5.69 Å². The number of pyridine rings is 1. The van der Waals surface area contributed by atoms with E-state index in [1.807, 2.05) is 41.7 Å². The molecule has 0 aliphatic carbocycles. The fourth-order valence-electron chi connectivity index (χ4n) is 3.92. The van der Waals surface area contributed by atoms with Crippen molar-refractivity contribution >= 4 is 23.7 Å². The summed E-state index contributed by atoms with van der Waals surface area (Å²) in [6.45, 7) is 2.13. The predicted molar refractivity (Wildman–Crippen MR) is 102 cm³/mol. The minimum absolute atomic E-state index is 0.307. The van der Waals surface area contributed by atoms with Gasteiger partial charge in [-0.25, -0.2) is 4.79 Å². The van der Waals surface area contributed by atoms with Crippen molar-refractivity contribution in [3.8, 4) is 11.4 Å². The molecule has 2 N–H and O–H groups in total. The predicted octanol–water partition coefficient (Wildman–Crippen LogP) is 3.07. The molecule has 1 amide bonds. The first kappa shape index (κ1) is 17.2. The number of fused-ring (bicyclic) bond motifs is 1. The number of hydrogen-bond donors (Lipinski definition) is 2. The van der Waals surface area contributed by atoms with E-state index in [-0.39, 0.29) is 0 Å². The van der Waals surface area contributed by atoms with Gasteiger partial charge in [0, 0.05) is 49.4 Å². The number of nitrogens with one attached hydrogen (secondary N) is 1. The Labute approximate surface area is 156 Å². The monoisotopic (exact) mass is 373 g/mol. The van der Waals surface area contributed by atoms with Crippen molar-refractivity contribution in [1.82, 2.24) is 19.7 Å². The van der Waals surface area contributed by atoms with Crippen LogP contribution in [0.5, 0.6) is 0 Å². The van der Waals surface area contributed by atoms with Gasteiger partial charge in [0.2, 0.25) is 0 Å². The van der Waals surface area contributed by atoms with Crippen LogP contribution in [0.15, 0.2) is 24.4 Å². The fourth-order valence-corrected chi connectivity index (χ4v) is 5.32. The third kappa shape index (κ3) is 3.13. The van der Waals surface area contributed by atoms with E-state index in [1.165, 1.54) is 10.5 Å². The summed E-state index contributed by atoms with van der Waals surface area (Å²) in [5.41, 5.74) is 3.06. The molecular weight excluding hydrogens is 350 g/mol. The Hall–Kier alpha value is -2.22. The SMILES string of the molecule is Cn1nc(-c2ccccn2)c2c1NCCSC2C1CCN(C(=O)O)CC1. The lowest BCUT2D eigenvalue weighted by Crippen LogP contribution is -2.38. The maximum atomic E-state index is 11.2. The van der Waals surface area contributed by atoms with Crippen LogP contribution in [0.25, 0.3) is 11.4 Å². The number of carbonyl (C=O) groups is 1. The van der Waals surface area contributed by atoms with E-state index < -0.39 is 6.09 Å². The van der Waals surface area contributed by atoms with Crippen molar-refractivity contribution in [3.63, 3.8) is 0 Å². The van der Waals surface area contributed by atoms with Crippen molar-refractivity contribution in [2.24, 2.45) is 13.0 Å². The van der Waals surface area contributed by atoms with E-state index in [2.05, 4.69) is 10.3 Å². The van der Waals surface area contributed by atoms with Gasteiger partial charge in [-0.15, -0.1) is 0 Å². The van der Waals surface area contributed by atoms with Gasteiger partial charge in [0.1, 0.15) is 11.5 Å². The smallest absolute Gasteiger partial charge is 0.407 e. The van der Waals surface area contributed by atoms with Gasteiger partial charge in [-0.05, 0) is 30.9 Å². The van der Waals surface area contributed by atoms with Gasteiger partial charge in [0.25, 0.3) is 0 Å². The third-order valence-electron chi connectivity index (χ3n) is 5.21. The number of anilines is 1. The van der Waals surface area contributed by atoms with E-state index >= 15 is 0 Å². The first-order valence-electron chi connectivity index (χ1n) is 8.97. The number of aryl methyl sites for hydroxylation is 1. The Balaban J connectivity index is 1.70. The summed E-state index contributed by atoms with van der Waals surface area (Å²) in [5, 5.41) is 17.8. The molecule has 7 nitrogen and oxygen atoms in total. The van der Waals surface area contributed by atoms with Crippen LogP contribution in [0.4, 0.5) is 10.6 Å². The van der Waals surface area contributed by atoms with Gasteiger partial charge in [-0.1, -0.05) is 6.07 Å². The molecule has 2 aromatic heterocycles. The zero-order valence-corrected chi connectivity index (χ0v) is 15.6. The first-order valence-corrected chi connectivity index (χ1v) is 10.0. The maximum Gasteiger partial charge on any atom is 0.407 e. The van der Waals surface area contributed by atoms with Crippen molar-refractivity contribution < 1.29 is 9.90 Å².